The highest BCUT2D eigenvalue weighted by molar-refractivity contribution is 7.89. The molecule has 0 radical (unpaired) electrons. The molecule has 118 valence electrons. The van der Waals surface area contributed by atoms with E-state index in [0.717, 1.165) is 37.2 Å². The Bertz CT molecular complexity index is 587. The normalized spacial score (nSPS) is 21.0. The molecule has 1 aliphatic heterocycles. The monoisotopic (exact) mass is 311 g/mol. The van der Waals surface area contributed by atoms with Crippen molar-refractivity contribution < 1.29 is 8.42 Å². The van der Waals surface area contributed by atoms with Gasteiger partial charge in [0, 0.05) is 11.7 Å². The molecule has 5 nitrogen and oxygen atoms in total. The first kappa shape index (κ1) is 16.3. The Morgan fingerprint density at radius 3 is 2.71 bits per heavy atom. The van der Waals surface area contributed by atoms with Crippen molar-refractivity contribution in [3.8, 4) is 0 Å². The Kier molecular flexibility index (Phi) is 5.24. The van der Waals surface area contributed by atoms with Crippen LogP contribution >= 0.6 is 0 Å². The van der Waals surface area contributed by atoms with Gasteiger partial charge < -0.3 is 10.2 Å². The molecule has 0 saturated carbocycles. The van der Waals surface area contributed by atoms with E-state index < -0.39 is 10.0 Å². The molecule has 1 aliphatic rings. The van der Waals surface area contributed by atoms with E-state index in [0.29, 0.717) is 10.9 Å². The zero-order valence-corrected chi connectivity index (χ0v) is 13.8. The third-order valence-corrected chi connectivity index (χ3v) is 5.51. The van der Waals surface area contributed by atoms with E-state index in [-0.39, 0.29) is 0 Å². The number of rotatable bonds is 4. The van der Waals surface area contributed by atoms with E-state index in [1.807, 2.05) is 13.0 Å². The molecule has 1 heterocycles. The molecule has 1 aromatic rings. The average Bonchev–Trinajstić information content (AvgIpc) is 2.66. The number of sulfonamides is 1. The second-order valence-corrected chi connectivity index (χ2v) is 7.65. The van der Waals surface area contributed by atoms with Gasteiger partial charge in [-0.3, -0.25) is 0 Å². The van der Waals surface area contributed by atoms with Crippen LogP contribution in [0.4, 0.5) is 5.69 Å². The van der Waals surface area contributed by atoms with Crippen molar-refractivity contribution in [1.29, 1.82) is 0 Å². The van der Waals surface area contributed by atoms with Crippen LogP contribution in [-0.4, -0.2) is 46.5 Å². The van der Waals surface area contributed by atoms with E-state index in [1.54, 1.807) is 12.1 Å². The number of hydrogen-bond acceptors (Lipinski definition) is 4. The van der Waals surface area contributed by atoms with Crippen molar-refractivity contribution in [3.63, 3.8) is 0 Å². The van der Waals surface area contributed by atoms with Crippen molar-refractivity contribution in [2.24, 2.45) is 0 Å². The van der Waals surface area contributed by atoms with Gasteiger partial charge in [-0.1, -0.05) is 6.07 Å². The van der Waals surface area contributed by atoms with Crippen molar-refractivity contribution in [1.82, 2.24) is 9.62 Å². The van der Waals surface area contributed by atoms with Crippen LogP contribution in [0.25, 0.3) is 0 Å². The summed E-state index contributed by atoms with van der Waals surface area (Å²) in [5.41, 5.74) is 1.99. The summed E-state index contributed by atoms with van der Waals surface area (Å²) >= 11 is 0. The summed E-state index contributed by atoms with van der Waals surface area (Å²) in [5.74, 6) is 0. The van der Waals surface area contributed by atoms with Crippen LogP contribution in [0.15, 0.2) is 23.1 Å². The highest BCUT2D eigenvalue weighted by Gasteiger charge is 2.17. The fourth-order valence-corrected chi connectivity index (χ4v) is 3.40. The van der Waals surface area contributed by atoms with Crippen molar-refractivity contribution >= 4 is 15.7 Å². The van der Waals surface area contributed by atoms with Crippen molar-refractivity contribution in [2.45, 2.75) is 37.1 Å². The summed E-state index contributed by atoms with van der Waals surface area (Å²) in [5, 5.41) is 3.53. The summed E-state index contributed by atoms with van der Waals surface area (Å²) in [6.45, 7) is 4.21. The lowest BCUT2D eigenvalue weighted by molar-refractivity contribution is 0.348. The number of nitrogens with one attached hydrogen (secondary N) is 2. The van der Waals surface area contributed by atoms with Crippen LogP contribution in [-0.2, 0) is 10.0 Å². The third-order valence-electron chi connectivity index (χ3n) is 4.10. The molecule has 6 heteroatoms. The molecule has 0 spiro atoms. The van der Waals surface area contributed by atoms with Gasteiger partial charge in [0.1, 0.15) is 0 Å². The standard InChI is InChI=1S/C15H25N3O2S/c1-12-6-7-14(21(19,20)16-2)11-15(12)17-13-5-4-9-18(3)10-8-13/h6-7,11,13,16-17H,4-5,8-10H2,1-3H3. The molecule has 1 saturated heterocycles. The van der Waals surface area contributed by atoms with Gasteiger partial charge in [0.2, 0.25) is 10.0 Å². The van der Waals surface area contributed by atoms with Gasteiger partial charge in [0.25, 0.3) is 0 Å². The third kappa shape index (κ3) is 4.18. The number of anilines is 1. The second kappa shape index (κ2) is 6.77. The Hall–Kier alpha value is -1.11. The summed E-state index contributed by atoms with van der Waals surface area (Å²) in [6.07, 6.45) is 3.37. The molecule has 21 heavy (non-hydrogen) atoms. The van der Waals surface area contributed by atoms with E-state index in [4.69, 9.17) is 0 Å². The maximum atomic E-state index is 11.9. The first-order chi connectivity index (χ1) is 9.92. The van der Waals surface area contributed by atoms with Crippen LogP contribution in [0, 0.1) is 6.92 Å². The molecule has 1 unspecified atom stereocenters. The lowest BCUT2D eigenvalue weighted by Gasteiger charge is -2.20. The average molecular weight is 311 g/mol. The zero-order valence-electron chi connectivity index (χ0n) is 13.0. The van der Waals surface area contributed by atoms with E-state index in [2.05, 4.69) is 22.0 Å². The maximum absolute atomic E-state index is 11.9. The fourth-order valence-electron chi connectivity index (χ4n) is 2.65. The molecule has 0 bridgehead atoms. The molecule has 0 aromatic heterocycles. The van der Waals surface area contributed by atoms with Crippen molar-refractivity contribution in [3.05, 3.63) is 23.8 Å². The molecule has 2 N–H and O–H groups in total. The SMILES string of the molecule is CNS(=O)(=O)c1ccc(C)c(NC2CCCN(C)CC2)c1. The molecule has 1 atom stereocenters. The molecular weight excluding hydrogens is 286 g/mol. The van der Waals surface area contributed by atoms with Crippen LogP contribution in [0.5, 0.6) is 0 Å². The highest BCUT2D eigenvalue weighted by Crippen LogP contribution is 2.23. The zero-order chi connectivity index (χ0) is 15.5. The Balaban J connectivity index is 2.17. The number of likely N-dealkylation sites (tertiary alicyclic amines) is 1. The largest absolute Gasteiger partial charge is 0.382 e. The van der Waals surface area contributed by atoms with Gasteiger partial charge in [-0.2, -0.15) is 0 Å². The second-order valence-electron chi connectivity index (χ2n) is 5.76. The van der Waals surface area contributed by atoms with Gasteiger partial charge >= 0.3 is 0 Å². The predicted octanol–water partition coefficient (Wildman–Crippen LogP) is 1.80. The summed E-state index contributed by atoms with van der Waals surface area (Å²) in [4.78, 5) is 2.65. The number of nitrogens with zero attached hydrogens (tertiary/aromatic N) is 1. The number of hydrogen-bond donors (Lipinski definition) is 2. The minimum absolute atomic E-state index is 0.309. The first-order valence-electron chi connectivity index (χ1n) is 7.41. The fraction of sp³-hybridized carbons (Fsp3) is 0.600. The first-order valence-corrected chi connectivity index (χ1v) is 8.90. The highest BCUT2D eigenvalue weighted by atomic mass is 32.2. The van der Waals surface area contributed by atoms with Crippen LogP contribution < -0.4 is 10.0 Å². The summed E-state index contributed by atoms with van der Waals surface area (Å²) < 4.78 is 26.2. The van der Waals surface area contributed by atoms with Crippen LogP contribution in [0.2, 0.25) is 0 Å². The molecule has 0 aliphatic carbocycles. The minimum atomic E-state index is -3.39. The molecule has 1 aromatic carbocycles. The van der Waals surface area contributed by atoms with Gasteiger partial charge in [-0.15, -0.1) is 0 Å². The molecule has 0 amide bonds. The minimum Gasteiger partial charge on any atom is -0.382 e. The summed E-state index contributed by atoms with van der Waals surface area (Å²) in [7, 11) is 0.188. The van der Waals surface area contributed by atoms with E-state index in [1.165, 1.54) is 13.5 Å². The van der Waals surface area contributed by atoms with Crippen LogP contribution in [0.1, 0.15) is 24.8 Å². The van der Waals surface area contributed by atoms with E-state index >= 15 is 0 Å². The number of benzene rings is 1. The maximum Gasteiger partial charge on any atom is 0.240 e. The topological polar surface area (TPSA) is 61.4 Å². The lowest BCUT2D eigenvalue weighted by atomic mass is 10.1. The lowest BCUT2D eigenvalue weighted by Crippen LogP contribution is -2.24. The van der Waals surface area contributed by atoms with Gasteiger partial charge in [0.05, 0.1) is 4.90 Å². The summed E-state index contributed by atoms with van der Waals surface area (Å²) in [6, 6.07) is 5.64. The Labute approximate surface area is 127 Å². The van der Waals surface area contributed by atoms with Gasteiger partial charge in [0.15, 0.2) is 0 Å². The van der Waals surface area contributed by atoms with Crippen LogP contribution in [0.3, 0.4) is 0 Å². The Morgan fingerprint density at radius 2 is 2.00 bits per heavy atom. The number of aryl methyl sites for hydroxylation is 1. The van der Waals surface area contributed by atoms with E-state index in [9.17, 15) is 8.42 Å². The molecular formula is C15H25N3O2S. The molecule has 1 fully saturated rings. The van der Waals surface area contributed by atoms with Crippen molar-refractivity contribution in [2.75, 3.05) is 32.5 Å². The van der Waals surface area contributed by atoms with Gasteiger partial charge in [-0.05, 0) is 71.1 Å². The smallest absolute Gasteiger partial charge is 0.240 e. The Morgan fingerprint density at radius 1 is 1.24 bits per heavy atom. The quantitative estimate of drug-likeness (QED) is 0.890. The van der Waals surface area contributed by atoms with Gasteiger partial charge in [-0.25, -0.2) is 13.1 Å². The molecule has 2 rings (SSSR count). The predicted molar refractivity (Wildman–Crippen MR) is 86.2 cm³/mol.